The van der Waals surface area contributed by atoms with Crippen LogP contribution in [0.4, 0.5) is 0 Å². The van der Waals surface area contributed by atoms with Crippen molar-refractivity contribution in [3.05, 3.63) is 0 Å². The number of nitrogens with zero attached hydrogens (tertiary/aromatic N) is 1. The van der Waals surface area contributed by atoms with Gasteiger partial charge in [-0.2, -0.15) is 0 Å². The van der Waals surface area contributed by atoms with Crippen molar-refractivity contribution >= 4 is 15.7 Å². The molecular weight excluding hydrogens is 240 g/mol. The maximum Gasteiger partial charge on any atom is 0.240 e. The predicted molar refractivity (Wildman–Crippen MR) is 63.3 cm³/mol. The monoisotopic (exact) mass is 258 g/mol. The predicted octanol–water partition coefficient (Wildman–Crippen LogP) is -0.474. The highest BCUT2D eigenvalue weighted by atomic mass is 32.2. The van der Waals surface area contributed by atoms with Crippen molar-refractivity contribution in [3.8, 4) is 0 Å². The number of carbonyl (C=O) groups is 1. The minimum atomic E-state index is -2.90. The van der Waals surface area contributed by atoms with Crippen LogP contribution in [0.1, 0.15) is 25.7 Å². The summed E-state index contributed by atoms with van der Waals surface area (Å²) in [6, 6.07) is 0.389. The summed E-state index contributed by atoms with van der Waals surface area (Å²) >= 11 is 0. The zero-order chi connectivity index (χ0) is 12.0. The minimum absolute atomic E-state index is 0.0641. The maximum atomic E-state index is 12.1. The van der Waals surface area contributed by atoms with Gasteiger partial charge in [0.2, 0.25) is 5.91 Å². The molecule has 17 heavy (non-hydrogen) atoms. The molecule has 1 saturated carbocycles. The Hall–Kier alpha value is -0.620. The molecule has 2 saturated heterocycles. The fraction of sp³-hybridized carbons (Fsp3) is 0.909. The van der Waals surface area contributed by atoms with Crippen molar-refractivity contribution in [1.82, 2.24) is 10.2 Å². The first-order valence-electron chi connectivity index (χ1n) is 6.32. The highest BCUT2D eigenvalue weighted by Gasteiger charge is 2.41. The summed E-state index contributed by atoms with van der Waals surface area (Å²) in [4.78, 5) is 13.9. The molecule has 0 bridgehead atoms. The van der Waals surface area contributed by atoms with Crippen molar-refractivity contribution in [2.75, 3.05) is 18.1 Å². The van der Waals surface area contributed by atoms with Gasteiger partial charge in [-0.05, 0) is 25.7 Å². The zero-order valence-corrected chi connectivity index (χ0v) is 10.6. The third kappa shape index (κ3) is 2.33. The average molecular weight is 258 g/mol. The molecular formula is C11H18N2O3S. The lowest BCUT2D eigenvalue weighted by Gasteiger charge is -2.23. The Labute approximate surface area is 101 Å². The fourth-order valence-corrected chi connectivity index (χ4v) is 4.51. The van der Waals surface area contributed by atoms with Crippen molar-refractivity contribution in [3.63, 3.8) is 0 Å². The number of hydrogen-bond donors (Lipinski definition) is 1. The van der Waals surface area contributed by atoms with E-state index in [1.165, 1.54) is 12.8 Å². The standard InChI is InChI=1S/C11H18N2O3S/c14-11-10(12-8-1-2-8)3-5-13(11)9-4-6-17(15,16)7-9/h8-10,12H,1-7H2. The summed E-state index contributed by atoms with van der Waals surface area (Å²) in [7, 11) is -2.90. The molecule has 1 N–H and O–H groups in total. The highest BCUT2D eigenvalue weighted by Crippen LogP contribution is 2.26. The van der Waals surface area contributed by atoms with Gasteiger partial charge in [-0.1, -0.05) is 0 Å². The summed E-state index contributed by atoms with van der Waals surface area (Å²) in [5.74, 6) is 0.510. The van der Waals surface area contributed by atoms with Gasteiger partial charge in [0.15, 0.2) is 9.84 Å². The molecule has 2 heterocycles. The number of carbonyl (C=O) groups excluding carboxylic acids is 1. The van der Waals surface area contributed by atoms with E-state index in [9.17, 15) is 13.2 Å². The van der Waals surface area contributed by atoms with Gasteiger partial charge in [-0.25, -0.2) is 8.42 Å². The van der Waals surface area contributed by atoms with Crippen molar-refractivity contribution in [2.24, 2.45) is 0 Å². The lowest BCUT2D eigenvalue weighted by Crippen LogP contribution is -2.43. The summed E-state index contributed by atoms with van der Waals surface area (Å²) in [5.41, 5.74) is 0. The second-order valence-corrected chi connectivity index (χ2v) is 7.60. The van der Waals surface area contributed by atoms with Crippen LogP contribution >= 0.6 is 0 Å². The van der Waals surface area contributed by atoms with Crippen LogP contribution in [0.5, 0.6) is 0 Å². The SMILES string of the molecule is O=C1C(NC2CC2)CCN1C1CCS(=O)(=O)C1. The lowest BCUT2D eigenvalue weighted by molar-refractivity contribution is -0.131. The zero-order valence-electron chi connectivity index (χ0n) is 9.76. The fourth-order valence-electron chi connectivity index (χ4n) is 2.77. The van der Waals surface area contributed by atoms with Gasteiger partial charge < -0.3 is 10.2 Å². The lowest BCUT2D eigenvalue weighted by atomic mass is 10.2. The van der Waals surface area contributed by atoms with Gasteiger partial charge in [0.05, 0.1) is 17.5 Å². The number of amides is 1. The molecule has 1 aliphatic carbocycles. The van der Waals surface area contributed by atoms with Crippen LogP contribution in [0.2, 0.25) is 0 Å². The Morgan fingerprint density at radius 3 is 2.53 bits per heavy atom. The summed E-state index contributed by atoms with van der Waals surface area (Å²) in [6.45, 7) is 0.712. The molecule has 3 aliphatic rings. The normalized spacial score (nSPS) is 36.7. The van der Waals surface area contributed by atoms with Gasteiger partial charge in [-0.3, -0.25) is 4.79 Å². The molecule has 0 aromatic heterocycles. The molecule has 2 unspecified atom stereocenters. The first-order valence-corrected chi connectivity index (χ1v) is 8.14. The second kappa shape index (κ2) is 3.95. The molecule has 2 atom stereocenters. The largest absolute Gasteiger partial charge is 0.337 e. The van der Waals surface area contributed by atoms with E-state index in [-0.39, 0.29) is 29.5 Å². The van der Waals surface area contributed by atoms with E-state index >= 15 is 0 Å². The van der Waals surface area contributed by atoms with Gasteiger partial charge in [0.25, 0.3) is 0 Å². The molecule has 0 aromatic rings. The first-order chi connectivity index (χ1) is 8.05. The van der Waals surface area contributed by atoms with E-state index in [0.717, 1.165) is 6.42 Å². The van der Waals surface area contributed by atoms with E-state index in [1.807, 2.05) is 0 Å². The van der Waals surface area contributed by atoms with Gasteiger partial charge in [0.1, 0.15) is 0 Å². The number of hydrogen-bond acceptors (Lipinski definition) is 4. The maximum absolute atomic E-state index is 12.1. The third-order valence-corrected chi connectivity index (χ3v) is 5.65. The van der Waals surface area contributed by atoms with Crippen molar-refractivity contribution in [2.45, 2.75) is 43.8 Å². The Kier molecular flexibility index (Phi) is 2.66. The van der Waals surface area contributed by atoms with Crippen molar-refractivity contribution < 1.29 is 13.2 Å². The van der Waals surface area contributed by atoms with E-state index in [0.29, 0.717) is 19.0 Å². The Morgan fingerprint density at radius 1 is 1.18 bits per heavy atom. The molecule has 5 nitrogen and oxygen atoms in total. The Morgan fingerprint density at radius 2 is 1.94 bits per heavy atom. The van der Waals surface area contributed by atoms with E-state index in [2.05, 4.69) is 5.32 Å². The van der Waals surface area contributed by atoms with Gasteiger partial charge in [-0.15, -0.1) is 0 Å². The van der Waals surface area contributed by atoms with Crippen LogP contribution in [0.3, 0.4) is 0 Å². The number of nitrogens with one attached hydrogen (secondary N) is 1. The number of rotatable bonds is 3. The molecule has 0 radical (unpaired) electrons. The van der Waals surface area contributed by atoms with Gasteiger partial charge >= 0.3 is 0 Å². The Bertz CT molecular complexity index is 430. The molecule has 6 heteroatoms. The highest BCUT2D eigenvalue weighted by molar-refractivity contribution is 7.91. The van der Waals surface area contributed by atoms with Crippen LogP contribution in [-0.2, 0) is 14.6 Å². The van der Waals surface area contributed by atoms with E-state index in [1.54, 1.807) is 4.90 Å². The molecule has 3 fully saturated rings. The molecule has 2 aliphatic heterocycles. The Balaban J connectivity index is 1.63. The smallest absolute Gasteiger partial charge is 0.240 e. The quantitative estimate of drug-likeness (QED) is 0.743. The summed E-state index contributed by atoms with van der Waals surface area (Å²) in [6.07, 6.45) is 3.78. The molecule has 0 spiro atoms. The van der Waals surface area contributed by atoms with Crippen LogP contribution in [-0.4, -0.2) is 55.4 Å². The molecule has 1 amide bonds. The number of likely N-dealkylation sites (tertiary alicyclic amines) is 1. The van der Waals surface area contributed by atoms with E-state index in [4.69, 9.17) is 0 Å². The van der Waals surface area contributed by atoms with E-state index < -0.39 is 9.84 Å². The minimum Gasteiger partial charge on any atom is -0.337 e. The summed E-state index contributed by atoms with van der Waals surface area (Å²) in [5, 5.41) is 3.34. The van der Waals surface area contributed by atoms with Crippen LogP contribution in [0.15, 0.2) is 0 Å². The van der Waals surface area contributed by atoms with Gasteiger partial charge in [0, 0.05) is 18.6 Å². The molecule has 0 aromatic carbocycles. The average Bonchev–Trinajstić information content (AvgIpc) is 2.91. The third-order valence-electron chi connectivity index (χ3n) is 3.90. The second-order valence-electron chi connectivity index (χ2n) is 5.37. The topological polar surface area (TPSA) is 66.5 Å². The van der Waals surface area contributed by atoms with Crippen LogP contribution < -0.4 is 5.32 Å². The van der Waals surface area contributed by atoms with Crippen LogP contribution in [0, 0.1) is 0 Å². The molecule has 3 rings (SSSR count). The first kappa shape index (κ1) is 11.5. The number of sulfone groups is 1. The molecule has 96 valence electrons. The summed E-state index contributed by atoms with van der Waals surface area (Å²) < 4.78 is 22.8. The van der Waals surface area contributed by atoms with Crippen molar-refractivity contribution in [1.29, 1.82) is 0 Å². The van der Waals surface area contributed by atoms with Crippen LogP contribution in [0.25, 0.3) is 0 Å².